The fourth-order valence-electron chi connectivity index (χ4n) is 10.9. The third-order valence-electron chi connectivity index (χ3n) is 14.0. The summed E-state index contributed by atoms with van der Waals surface area (Å²) in [4.78, 5) is 4.83. The molecule has 0 aliphatic heterocycles. The van der Waals surface area contributed by atoms with Crippen molar-refractivity contribution < 1.29 is 0 Å². The van der Waals surface area contributed by atoms with Crippen molar-refractivity contribution in [2.24, 2.45) is 0 Å². The summed E-state index contributed by atoms with van der Waals surface area (Å²) in [5.41, 5.74) is 19.9. The predicted molar refractivity (Wildman–Crippen MR) is 274 cm³/mol. The van der Waals surface area contributed by atoms with Gasteiger partial charge in [0.05, 0.1) is 5.69 Å². The van der Waals surface area contributed by atoms with E-state index in [1.54, 1.807) is 0 Å². The Morgan fingerprint density at radius 2 is 0.708 bits per heavy atom. The van der Waals surface area contributed by atoms with Crippen molar-refractivity contribution in [3.05, 3.63) is 254 Å². The first-order valence-corrected chi connectivity index (χ1v) is 23.0. The Bertz CT molecular complexity index is 3270. The molecule has 0 atom stereocenters. The van der Waals surface area contributed by atoms with Crippen molar-refractivity contribution in [3.8, 4) is 44.5 Å². The van der Waals surface area contributed by atoms with Gasteiger partial charge in [0.1, 0.15) is 0 Å². The van der Waals surface area contributed by atoms with Crippen molar-refractivity contribution in [2.75, 3.05) is 9.80 Å². The molecule has 0 saturated heterocycles. The molecule has 0 unspecified atom stereocenters. The van der Waals surface area contributed by atoms with E-state index >= 15 is 0 Å². The summed E-state index contributed by atoms with van der Waals surface area (Å²) in [5.74, 6) is 0. The molecule has 0 N–H and O–H groups in total. The maximum absolute atomic E-state index is 2.51. The van der Waals surface area contributed by atoms with Crippen molar-refractivity contribution in [1.29, 1.82) is 0 Å². The van der Waals surface area contributed by atoms with Crippen LogP contribution in [-0.4, -0.2) is 0 Å². The Hall–Kier alpha value is -7.94. The number of fused-ring (bicyclic) bond motifs is 6. The fraction of sp³-hybridized carbons (Fsp3) is 0.0794. The predicted octanol–water partition coefficient (Wildman–Crippen LogP) is 17.6. The Kier molecular flexibility index (Phi) is 9.72. The van der Waals surface area contributed by atoms with Crippen LogP contribution in [0, 0.1) is 0 Å². The van der Waals surface area contributed by atoms with Crippen LogP contribution in [0.15, 0.2) is 243 Å². The summed E-state index contributed by atoms with van der Waals surface area (Å²) in [6.45, 7) is 0. The molecule has 10 aromatic rings. The summed E-state index contributed by atoms with van der Waals surface area (Å²) in [7, 11) is 0. The molecule has 0 radical (unpaired) electrons. The smallest absolute Gasteiger partial charge is 0.0540 e. The minimum Gasteiger partial charge on any atom is -0.310 e. The van der Waals surface area contributed by atoms with Gasteiger partial charge in [-0.1, -0.05) is 189 Å². The first-order valence-electron chi connectivity index (χ1n) is 23.0. The molecule has 2 heteroatoms. The third-order valence-corrected chi connectivity index (χ3v) is 14.0. The minimum absolute atomic E-state index is 0.0929. The lowest BCUT2D eigenvalue weighted by atomic mass is 9.76. The molecule has 65 heavy (non-hydrogen) atoms. The number of nitrogens with zero attached hydrogens (tertiary/aromatic N) is 2. The van der Waals surface area contributed by atoms with E-state index in [9.17, 15) is 0 Å². The second kappa shape index (κ2) is 16.3. The molecule has 1 spiro atoms. The fourth-order valence-corrected chi connectivity index (χ4v) is 10.9. The zero-order valence-corrected chi connectivity index (χ0v) is 36.3. The van der Waals surface area contributed by atoms with E-state index in [0.717, 1.165) is 28.4 Å². The van der Waals surface area contributed by atoms with Crippen molar-refractivity contribution in [3.63, 3.8) is 0 Å². The van der Waals surface area contributed by atoms with Crippen LogP contribution in [0.25, 0.3) is 55.3 Å². The van der Waals surface area contributed by atoms with Crippen molar-refractivity contribution in [1.82, 2.24) is 0 Å². The largest absolute Gasteiger partial charge is 0.310 e. The second-order valence-corrected chi connectivity index (χ2v) is 17.7. The van der Waals surface area contributed by atoms with Crippen LogP contribution in [0.3, 0.4) is 0 Å². The molecule has 0 bridgehead atoms. The molecule has 310 valence electrons. The monoisotopic (exact) mass is 832 g/mol. The van der Waals surface area contributed by atoms with E-state index in [2.05, 4.69) is 252 Å². The quantitative estimate of drug-likeness (QED) is 0.143. The highest BCUT2D eigenvalue weighted by Crippen LogP contribution is 2.58. The van der Waals surface area contributed by atoms with Gasteiger partial charge in [0.15, 0.2) is 0 Å². The lowest BCUT2D eigenvalue weighted by Crippen LogP contribution is -2.21. The van der Waals surface area contributed by atoms with Gasteiger partial charge < -0.3 is 9.80 Å². The van der Waals surface area contributed by atoms with Crippen LogP contribution >= 0.6 is 0 Å². The standard InChI is InChI=1S/C63H48N2/c1-3-14-45(15-4-1)47-24-32-52(33-25-47)64(56-40-41-59-58-21-9-10-22-60(58)63(61(59)44-56)42-11-12-43-63)53-34-26-49(27-35-53)50-30-38-55(39-31-50)65(62-23-13-19-51-18-7-8-20-57(51)62)54-36-28-48(29-37-54)46-16-5-2-6-17-46/h1-10,13-41,44H,11-12,42-43H2. The Balaban J connectivity index is 0.905. The first-order chi connectivity index (χ1) is 32.2. The van der Waals surface area contributed by atoms with Gasteiger partial charge in [-0.15, -0.1) is 0 Å². The third kappa shape index (κ3) is 6.90. The van der Waals surface area contributed by atoms with E-state index in [4.69, 9.17) is 0 Å². The Labute approximate surface area is 382 Å². The molecule has 10 aromatic carbocycles. The van der Waals surface area contributed by atoms with Crippen LogP contribution < -0.4 is 9.80 Å². The molecule has 0 heterocycles. The molecule has 0 amide bonds. The lowest BCUT2D eigenvalue weighted by molar-refractivity contribution is 0.550. The summed E-state index contributed by atoms with van der Waals surface area (Å²) >= 11 is 0. The summed E-state index contributed by atoms with van der Waals surface area (Å²) in [6.07, 6.45) is 4.96. The molecule has 1 saturated carbocycles. The molecule has 0 aromatic heterocycles. The van der Waals surface area contributed by atoms with Gasteiger partial charge >= 0.3 is 0 Å². The van der Waals surface area contributed by atoms with Gasteiger partial charge in [-0.05, 0) is 141 Å². The van der Waals surface area contributed by atoms with Gasteiger partial charge in [0, 0.05) is 39.2 Å². The summed E-state index contributed by atoms with van der Waals surface area (Å²) in [6, 6.07) is 89.1. The van der Waals surface area contributed by atoms with Gasteiger partial charge in [-0.2, -0.15) is 0 Å². The number of benzene rings is 10. The zero-order valence-electron chi connectivity index (χ0n) is 36.3. The van der Waals surface area contributed by atoms with E-state index in [1.165, 1.54) is 97.8 Å². The Morgan fingerprint density at radius 3 is 1.26 bits per heavy atom. The maximum Gasteiger partial charge on any atom is 0.0540 e. The van der Waals surface area contributed by atoms with Gasteiger partial charge in [0.25, 0.3) is 0 Å². The van der Waals surface area contributed by atoms with Gasteiger partial charge in [-0.3, -0.25) is 0 Å². The number of hydrogen-bond acceptors (Lipinski definition) is 2. The number of hydrogen-bond donors (Lipinski definition) is 0. The van der Waals surface area contributed by atoms with Gasteiger partial charge in [-0.25, -0.2) is 0 Å². The van der Waals surface area contributed by atoms with Crippen LogP contribution in [-0.2, 0) is 5.41 Å². The van der Waals surface area contributed by atoms with Crippen LogP contribution in [0.2, 0.25) is 0 Å². The summed E-state index contributed by atoms with van der Waals surface area (Å²) < 4.78 is 0. The molecule has 1 fully saturated rings. The molecule has 2 aliphatic carbocycles. The van der Waals surface area contributed by atoms with Crippen molar-refractivity contribution in [2.45, 2.75) is 31.1 Å². The minimum atomic E-state index is 0.0929. The zero-order chi connectivity index (χ0) is 43.2. The average Bonchev–Trinajstić information content (AvgIpc) is 3.99. The molecule has 12 rings (SSSR count). The highest BCUT2D eigenvalue weighted by atomic mass is 15.1. The second-order valence-electron chi connectivity index (χ2n) is 17.7. The first kappa shape index (κ1) is 38.7. The molecule has 2 aliphatic rings. The molecular weight excluding hydrogens is 785 g/mol. The Morgan fingerprint density at radius 1 is 0.292 bits per heavy atom. The van der Waals surface area contributed by atoms with Crippen molar-refractivity contribution >= 4 is 44.9 Å². The highest BCUT2D eigenvalue weighted by Gasteiger charge is 2.45. The molecular formula is C63H48N2. The number of rotatable bonds is 9. The van der Waals surface area contributed by atoms with Crippen LogP contribution in [0.1, 0.15) is 36.8 Å². The summed E-state index contributed by atoms with van der Waals surface area (Å²) in [5, 5.41) is 2.43. The maximum atomic E-state index is 2.51. The van der Waals surface area contributed by atoms with E-state index < -0.39 is 0 Å². The lowest BCUT2D eigenvalue weighted by Gasteiger charge is -2.30. The van der Waals surface area contributed by atoms with E-state index in [1.807, 2.05) is 0 Å². The molecule has 2 nitrogen and oxygen atoms in total. The normalized spacial score (nSPS) is 13.4. The number of anilines is 6. The van der Waals surface area contributed by atoms with Gasteiger partial charge in [0.2, 0.25) is 0 Å². The van der Waals surface area contributed by atoms with E-state index in [0.29, 0.717) is 0 Å². The van der Waals surface area contributed by atoms with Crippen LogP contribution in [0.5, 0.6) is 0 Å². The van der Waals surface area contributed by atoms with Crippen LogP contribution in [0.4, 0.5) is 34.1 Å². The van der Waals surface area contributed by atoms with E-state index in [-0.39, 0.29) is 5.41 Å². The SMILES string of the molecule is c1ccc(-c2ccc(N(c3ccc(-c4ccc(N(c5ccc(-c6ccccc6)cc5)c5cccc6ccccc56)cc4)cc3)c3ccc4c(c3)C3(CCCC3)c3ccccc3-4)cc2)cc1. The average molecular weight is 833 g/mol. The topological polar surface area (TPSA) is 6.48 Å². The highest BCUT2D eigenvalue weighted by molar-refractivity contribution is 5.99.